The second-order valence-electron chi connectivity index (χ2n) is 10.3. The maximum absolute atomic E-state index is 13.5. The van der Waals surface area contributed by atoms with Crippen LogP contribution in [0.2, 0.25) is 0 Å². The lowest BCUT2D eigenvalue weighted by atomic mass is 9.85. The number of guanidine groups is 1. The van der Waals surface area contributed by atoms with Crippen molar-refractivity contribution >= 4 is 17.9 Å². The number of aliphatic imine (C=N–C) groups is 1. The molecule has 2 rings (SSSR count). The normalized spacial score (nSPS) is 20.2. The second-order valence-corrected chi connectivity index (χ2v) is 10.3. The lowest BCUT2D eigenvalue weighted by Gasteiger charge is -2.38. The molecule has 2 heterocycles. The number of amides is 3. The molecule has 2 saturated heterocycles. The van der Waals surface area contributed by atoms with E-state index >= 15 is 0 Å². The molecule has 0 aromatic carbocycles. The van der Waals surface area contributed by atoms with Crippen molar-refractivity contribution in [2.24, 2.45) is 10.4 Å². The Kier molecular flexibility index (Phi) is 10.6. The van der Waals surface area contributed by atoms with E-state index in [1.807, 2.05) is 11.8 Å². The van der Waals surface area contributed by atoms with Crippen LogP contribution in [-0.4, -0.2) is 91.8 Å². The molecule has 10 nitrogen and oxygen atoms in total. The topological polar surface area (TPSA) is 122 Å². The summed E-state index contributed by atoms with van der Waals surface area (Å²) >= 11 is 0. The van der Waals surface area contributed by atoms with Crippen LogP contribution in [0.3, 0.4) is 0 Å². The number of carbonyl (C=O) groups is 2. The molecular weight excluding hydrogens is 434 g/mol. The van der Waals surface area contributed by atoms with Crippen molar-refractivity contribution in [3.8, 4) is 6.07 Å². The van der Waals surface area contributed by atoms with Crippen LogP contribution in [-0.2, 0) is 9.53 Å². The number of hydrogen-bond acceptors (Lipinski definition) is 6. The summed E-state index contributed by atoms with van der Waals surface area (Å²) in [4.78, 5) is 34.9. The fourth-order valence-corrected chi connectivity index (χ4v) is 4.26. The van der Waals surface area contributed by atoms with Crippen molar-refractivity contribution in [3.63, 3.8) is 0 Å². The molecule has 192 valence electrons. The number of morpholine rings is 1. The molecule has 0 aromatic heterocycles. The fourth-order valence-electron chi connectivity index (χ4n) is 4.26. The number of piperidine rings is 1. The van der Waals surface area contributed by atoms with Gasteiger partial charge in [0.2, 0.25) is 11.9 Å². The molecule has 0 saturated carbocycles. The maximum atomic E-state index is 13.5. The summed E-state index contributed by atoms with van der Waals surface area (Å²) in [6, 6.07) is 1.28. The van der Waals surface area contributed by atoms with Crippen LogP contribution in [0, 0.1) is 16.7 Å². The Morgan fingerprint density at radius 1 is 1.15 bits per heavy atom. The molecule has 2 aliphatic rings. The van der Waals surface area contributed by atoms with Gasteiger partial charge in [0.05, 0.1) is 19.3 Å². The number of nitrogens with zero attached hydrogens (tertiary/aromatic N) is 4. The lowest BCUT2D eigenvalue weighted by Crippen LogP contribution is -2.57. The van der Waals surface area contributed by atoms with Gasteiger partial charge >= 0.3 is 6.03 Å². The van der Waals surface area contributed by atoms with Gasteiger partial charge in [-0.2, -0.15) is 5.26 Å². The first-order valence-electron chi connectivity index (χ1n) is 12.5. The molecule has 0 aliphatic carbocycles. The van der Waals surface area contributed by atoms with Gasteiger partial charge in [-0.25, -0.2) is 9.79 Å². The number of nitriles is 1. The van der Waals surface area contributed by atoms with Crippen molar-refractivity contribution < 1.29 is 14.3 Å². The molecule has 0 spiro atoms. The molecule has 10 heteroatoms. The van der Waals surface area contributed by atoms with Gasteiger partial charge < -0.3 is 25.2 Å². The molecule has 2 fully saturated rings. The van der Waals surface area contributed by atoms with E-state index in [1.54, 1.807) is 0 Å². The Morgan fingerprint density at radius 3 is 2.32 bits per heavy atom. The third kappa shape index (κ3) is 8.76. The van der Waals surface area contributed by atoms with E-state index in [9.17, 15) is 14.9 Å². The number of likely N-dealkylation sites (tertiary alicyclic amines) is 1. The highest BCUT2D eigenvalue weighted by Crippen LogP contribution is 2.26. The predicted molar refractivity (Wildman–Crippen MR) is 132 cm³/mol. The minimum absolute atomic E-state index is 0.183. The number of ether oxygens (including phenoxy) is 1. The van der Waals surface area contributed by atoms with Crippen LogP contribution in [0.1, 0.15) is 60.3 Å². The molecule has 1 atom stereocenters. The fraction of sp³-hybridized carbons (Fsp3) is 0.833. The van der Waals surface area contributed by atoms with Gasteiger partial charge in [0, 0.05) is 32.7 Å². The zero-order chi connectivity index (χ0) is 25.2. The van der Waals surface area contributed by atoms with Crippen LogP contribution < -0.4 is 16.0 Å². The van der Waals surface area contributed by atoms with E-state index in [1.165, 1.54) is 0 Å². The van der Waals surface area contributed by atoms with Crippen LogP contribution in [0.4, 0.5) is 4.79 Å². The molecule has 2 aliphatic heterocycles. The Hall–Kier alpha value is -2.38. The molecule has 3 amide bonds. The molecular formula is C24H43N7O3. The Labute approximate surface area is 204 Å². The SMILES string of the molecule is CCCN1CCC(C#N)(NC(=O)C(CC(C)(C)C)N=C(NC(=O)NCC)N2CCOCC2)CC1. The average molecular weight is 478 g/mol. The third-order valence-electron chi connectivity index (χ3n) is 6.09. The van der Waals surface area contributed by atoms with Crippen molar-refractivity contribution in [1.29, 1.82) is 5.26 Å². The minimum atomic E-state index is -0.890. The third-order valence-corrected chi connectivity index (χ3v) is 6.09. The second kappa shape index (κ2) is 12.9. The van der Waals surface area contributed by atoms with Crippen LogP contribution in [0.5, 0.6) is 0 Å². The summed E-state index contributed by atoms with van der Waals surface area (Å²) in [6.45, 7) is 15.4. The van der Waals surface area contributed by atoms with Crippen LogP contribution in [0.25, 0.3) is 0 Å². The highest BCUT2D eigenvalue weighted by atomic mass is 16.5. The van der Waals surface area contributed by atoms with Gasteiger partial charge in [-0.05, 0) is 44.6 Å². The summed E-state index contributed by atoms with van der Waals surface area (Å²) in [6.07, 6.45) is 2.73. The monoisotopic (exact) mass is 477 g/mol. The average Bonchev–Trinajstić information content (AvgIpc) is 2.79. The van der Waals surface area contributed by atoms with E-state index in [0.717, 1.165) is 26.1 Å². The lowest BCUT2D eigenvalue weighted by molar-refractivity contribution is -0.124. The summed E-state index contributed by atoms with van der Waals surface area (Å²) in [5, 5.41) is 18.6. The molecule has 0 bridgehead atoms. The summed E-state index contributed by atoms with van der Waals surface area (Å²) in [5.41, 5.74) is -1.07. The summed E-state index contributed by atoms with van der Waals surface area (Å²) in [7, 11) is 0. The van der Waals surface area contributed by atoms with E-state index in [2.05, 4.69) is 54.6 Å². The van der Waals surface area contributed by atoms with Gasteiger partial charge in [0.15, 0.2) is 0 Å². The standard InChI is InChI=1S/C24H43N7O3/c1-6-10-30-11-8-24(18-25,9-12-30)29-20(32)19(17-23(3,4)5)27-21(28-22(33)26-7-2)31-13-15-34-16-14-31/h19H,6-17H2,1-5H3,(H,29,32)(H2,26,27,28,33). The first kappa shape index (κ1) is 27.9. The molecule has 3 N–H and O–H groups in total. The van der Waals surface area contributed by atoms with Gasteiger partial charge in [-0.15, -0.1) is 0 Å². The maximum Gasteiger partial charge on any atom is 0.321 e. The molecule has 0 radical (unpaired) electrons. The van der Waals surface area contributed by atoms with Gasteiger partial charge in [0.1, 0.15) is 11.6 Å². The molecule has 1 unspecified atom stereocenters. The van der Waals surface area contributed by atoms with Gasteiger partial charge in [0.25, 0.3) is 0 Å². The number of rotatable bonds is 7. The van der Waals surface area contributed by atoms with E-state index in [0.29, 0.717) is 58.1 Å². The minimum Gasteiger partial charge on any atom is -0.378 e. The number of hydrogen-bond donors (Lipinski definition) is 3. The molecule has 0 aromatic rings. The van der Waals surface area contributed by atoms with Gasteiger partial charge in [-0.1, -0.05) is 27.7 Å². The largest absolute Gasteiger partial charge is 0.378 e. The van der Waals surface area contributed by atoms with E-state index in [4.69, 9.17) is 9.73 Å². The van der Waals surface area contributed by atoms with Crippen molar-refractivity contribution in [1.82, 2.24) is 25.8 Å². The van der Waals surface area contributed by atoms with Crippen LogP contribution in [0.15, 0.2) is 4.99 Å². The highest BCUT2D eigenvalue weighted by Gasteiger charge is 2.38. The van der Waals surface area contributed by atoms with Crippen LogP contribution >= 0.6 is 0 Å². The number of urea groups is 1. The van der Waals surface area contributed by atoms with Crippen molar-refractivity contribution in [2.45, 2.75) is 71.9 Å². The summed E-state index contributed by atoms with van der Waals surface area (Å²) < 4.78 is 5.45. The Morgan fingerprint density at radius 2 is 1.79 bits per heavy atom. The highest BCUT2D eigenvalue weighted by molar-refractivity contribution is 5.97. The quantitative estimate of drug-likeness (QED) is 0.379. The van der Waals surface area contributed by atoms with Crippen molar-refractivity contribution in [2.75, 3.05) is 52.5 Å². The Bertz CT molecular complexity index is 743. The van der Waals surface area contributed by atoms with E-state index < -0.39 is 11.6 Å². The zero-order valence-corrected chi connectivity index (χ0v) is 21.6. The first-order chi connectivity index (χ1) is 16.1. The molecule has 34 heavy (non-hydrogen) atoms. The van der Waals surface area contributed by atoms with E-state index in [-0.39, 0.29) is 17.4 Å². The Balaban J connectivity index is 2.26. The smallest absolute Gasteiger partial charge is 0.321 e. The summed E-state index contributed by atoms with van der Waals surface area (Å²) in [5.74, 6) is 0.0892. The number of carbonyl (C=O) groups excluding carboxylic acids is 2. The first-order valence-corrected chi connectivity index (χ1v) is 12.5. The predicted octanol–water partition coefficient (Wildman–Crippen LogP) is 1.68. The zero-order valence-electron chi connectivity index (χ0n) is 21.6. The number of nitrogens with one attached hydrogen (secondary N) is 3. The van der Waals surface area contributed by atoms with Gasteiger partial charge in [-0.3, -0.25) is 10.1 Å². The van der Waals surface area contributed by atoms with Crippen molar-refractivity contribution in [3.05, 3.63) is 0 Å².